The maximum atomic E-state index is 5.70. The van der Waals surface area contributed by atoms with Gasteiger partial charge in [0.15, 0.2) is 0 Å². The zero-order chi connectivity index (χ0) is 12.1. The number of aryl methyl sites for hydroxylation is 2. The molecule has 1 aromatic rings. The SMILES string of the molecule is C/C(N)=C/C(=N\CN)c1c(C)cccc1C. The molecule has 0 aromatic heterocycles. The molecule has 0 bridgehead atoms. The Bertz CT molecular complexity index is 407. The average molecular weight is 217 g/mol. The smallest absolute Gasteiger partial charge is 0.0866 e. The molecule has 4 N–H and O–H groups in total. The Morgan fingerprint density at radius 1 is 1.31 bits per heavy atom. The summed E-state index contributed by atoms with van der Waals surface area (Å²) >= 11 is 0. The monoisotopic (exact) mass is 217 g/mol. The van der Waals surface area contributed by atoms with Crippen LogP contribution in [0.4, 0.5) is 0 Å². The van der Waals surface area contributed by atoms with Gasteiger partial charge in [0.1, 0.15) is 0 Å². The summed E-state index contributed by atoms with van der Waals surface area (Å²) in [6, 6.07) is 6.16. The number of benzene rings is 1. The molecule has 0 aliphatic rings. The molecule has 0 saturated heterocycles. The first-order chi connectivity index (χ1) is 7.56. The van der Waals surface area contributed by atoms with Gasteiger partial charge in [0, 0.05) is 11.3 Å². The van der Waals surface area contributed by atoms with Crippen LogP contribution in [-0.2, 0) is 0 Å². The Morgan fingerprint density at radius 2 is 1.88 bits per heavy atom. The third kappa shape index (κ3) is 2.94. The Morgan fingerprint density at radius 3 is 2.31 bits per heavy atom. The van der Waals surface area contributed by atoms with E-state index in [1.807, 2.05) is 19.1 Å². The molecule has 3 nitrogen and oxygen atoms in total. The molecule has 0 aliphatic carbocycles. The minimum atomic E-state index is 0.271. The standard InChI is InChI=1S/C13H19N3/c1-9-5-4-6-10(2)13(9)12(16-8-14)7-11(3)15/h4-7H,8,14-15H2,1-3H3/b11-7-,16-12+. The normalized spacial score (nSPS) is 13.0. The van der Waals surface area contributed by atoms with Crippen molar-refractivity contribution in [1.29, 1.82) is 0 Å². The lowest BCUT2D eigenvalue weighted by molar-refractivity contribution is 1.07. The Balaban J connectivity index is 3.33. The Hall–Kier alpha value is -1.61. The molecular formula is C13H19N3. The maximum Gasteiger partial charge on any atom is 0.0866 e. The molecule has 0 saturated carbocycles. The molecule has 0 aliphatic heterocycles. The number of allylic oxidation sites excluding steroid dienone is 2. The minimum absolute atomic E-state index is 0.271. The Kier molecular flexibility index (Phi) is 4.26. The number of hydrogen-bond donors (Lipinski definition) is 2. The summed E-state index contributed by atoms with van der Waals surface area (Å²) in [6.45, 7) is 6.24. The molecule has 0 radical (unpaired) electrons. The fourth-order valence-corrected chi connectivity index (χ4v) is 1.73. The van der Waals surface area contributed by atoms with E-state index in [0.717, 1.165) is 17.0 Å². The van der Waals surface area contributed by atoms with Crippen molar-refractivity contribution in [3.05, 3.63) is 46.7 Å². The molecular weight excluding hydrogens is 198 g/mol. The van der Waals surface area contributed by atoms with Crippen LogP contribution < -0.4 is 11.5 Å². The lowest BCUT2D eigenvalue weighted by Gasteiger charge is -2.10. The van der Waals surface area contributed by atoms with Crippen LogP contribution in [0.15, 0.2) is 35.0 Å². The summed E-state index contributed by atoms with van der Waals surface area (Å²) in [7, 11) is 0. The predicted octanol–water partition coefficient (Wildman–Crippen LogP) is 1.87. The van der Waals surface area contributed by atoms with Gasteiger partial charge in [-0.3, -0.25) is 4.99 Å². The van der Waals surface area contributed by atoms with Crippen LogP contribution in [0.3, 0.4) is 0 Å². The molecule has 0 heterocycles. The third-order valence-corrected chi connectivity index (χ3v) is 2.36. The lowest BCUT2D eigenvalue weighted by atomic mass is 9.98. The molecule has 3 heteroatoms. The van der Waals surface area contributed by atoms with Gasteiger partial charge < -0.3 is 11.5 Å². The van der Waals surface area contributed by atoms with Gasteiger partial charge in [-0.05, 0) is 38.0 Å². The van der Waals surface area contributed by atoms with E-state index in [0.29, 0.717) is 0 Å². The van der Waals surface area contributed by atoms with Gasteiger partial charge >= 0.3 is 0 Å². The highest BCUT2D eigenvalue weighted by Gasteiger charge is 2.07. The van der Waals surface area contributed by atoms with E-state index in [-0.39, 0.29) is 6.67 Å². The first-order valence-corrected chi connectivity index (χ1v) is 5.31. The van der Waals surface area contributed by atoms with E-state index in [1.54, 1.807) is 0 Å². The van der Waals surface area contributed by atoms with Crippen molar-refractivity contribution >= 4 is 5.71 Å². The molecule has 1 rings (SSSR count). The van der Waals surface area contributed by atoms with Crippen LogP contribution in [0.25, 0.3) is 0 Å². The topological polar surface area (TPSA) is 64.4 Å². The van der Waals surface area contributed by atoms with Gasteiger partial charge in [-0.15, -0.1) is 0 Å². The Labute approximate surface area is 96.9 Å². The van der Waals surface area contributed by atoms with E-state index in [2.05, 4.69) is 31.0 Å². The minimum Gasteiger partial charge on any atom is -0.402 e. The fraction of sp³-hybridized carbons (Fsp3) is 0.308. The first kappa shape index (κ1) is 12.5. The van der Waals surface area contributed by atoms with Gasteiger partial charge in [-0.1, -0.05) is 18.2 Å². The second-order valence-corrected chi connectivity index (χ2v) is 3.88. The third-order valence-electron chi connectivity index (χ3n) is 2.36. The summed E-state index contributed by atoms with van der Waals surface area (Å²) in [5.41, 5.74) is 16.3. The van der Waals surface area contributed by atoms with Crippen LogP contribution in [0, 0.1) is 13.8 Å². The summed E-state index contributed by atoms with van der Waals surface area (Å²) in [5.74, 6) is 0. The molecule has 0 unspecified atom stereocenters. The van der Waals surface area contributed by atoms with Gasteiger partial charge in [0.05, 0.1) is 12.4 Å². The number of aliphatic imine (C=N–C) groups is 1. The van der Waals surface area contributed by atoms with E-state index < -0.39 is 0 Å². The van der Waals surface area contributed by atoms with Crippen molar-refractivity contribution in [3.8, 4) is 0 Å². The quantitative estimate of drug-likeness (QED) is 0.759. The number of hydrogen-bond acceptors (Lipinski definition) is 3. The van der Waals surface area contributed by atoms with Crippen molar-refractivity contribution in [2.24, 2.45) is 16.5 Å². The van der Waals surface area contributed by atoms with Crippen LogP contribution in [0.1, 0.15) is 23.6 Å². The van der Waals surface area contributed by atoms with E-state index in [9.17, 15) is 0 Å². The summed E-state index contributed by atoms with van der Waals surface area (Å²) in [5, 5.41) is 0. The van der Waals surface area contributed by atoms with E-state index in [4.69, 9.17) is 11.5 Å². The van der Waals surface area contributed by atoms with E-state index >= 15 is 0 Å². The summed E-state index contributed by atoms with van der Waals surface area (Å²) in [6.07, 6.45) is 1.86. The molecule has 0 atom stereocenters. The maximum absolute atomic E-state index is 5.70. The number of nitrogens with two attached hydrogens (primary N) is 2. The lowest BCUT2D eigenvalue weighted by Crippen LogP contribution is -2.09. The highest BCUT2D eigenvalue weighted by Crippen LogP contribution is 2.15. The molecule has 16 heavy (non-hydrogen) atoms. The second-order valence-electron chi connectivity index (χ2n) is 3.88. The first-order valence-electron chi connectivity index (χ1n) is 5.31. The van der Waals surface area contributed by atoms with Gasteiger partial charge in [-0.25, -0.2) is 0 Å². The zero-order valence-corrected chi connectivity index (χ0v) is 10.1. The van der Waals surface area contributed by atoms with Crippen molar-refractivity contribution < 1.29 is 0 Å². The second kappa shape index (κ2) is 5.47. The van der Waals surface area contributed by atoms with Crippen molar-refractivity contribution in [1.82, 2.24) is 0 Å². The zero-order valence-electron chi connectivity index (χ0n) is 10.1. The average Bonchev–Trinajstić information content (AvgIpc) is 2.16. The molecule has 0 fully saturated rings. The summed E-state index contributed by atoms with van der Waals surface area (Å²) < 4.78 is 0. The highest BCUT2D eigenvalue weighted by molar-refractivity contribution is 6.10. The van der Waals surface area contributed by atoms with Gasteiger partial charge in [0.2, 0.25) is 0 Å². The van der Waals surface area contributed by atoms with Crippen molar-refractivity contribution in [2.45, 2.75) is 20.8 Å². The number of rotatable bonds is 3. The van der Waals surface area contributed by atoms with E-state index in [1.165, 1.54) is 11.1 Å². The summed E-state index contributed by atoms with van der Waals surface area (Å²) in [4.78, 5) is 4.29. The largest absolute Gasteiger partial charge is 0.402 e. The predicted molar refractivity (Wildman–Crippen MR) is 69.5 cm³/mol. The van der Waals surface area contributed by atoms with Crippen LogP contribution in [0.2, 0.25) is 0 Å². The van der Waals surface area contributed by atoms with Crippen LogP contribution in [0.5, 0.6) is 0 Å². The molecule has 0 amide bonds. The molecule has 86 valence electrons. The van der Waals surface area contributed by atoms with Gasteiger partial charge in [-0.2, -0.15) is 0 Å². The van der Waals surface area contributed by atoms with Gasteiger partial charge in [0.25, 0.3) is 0 Å². The highest BCUT2D eigenvalue weighted by atomic mass is 14.9. The van der Waals surface area contributed by atoms with Crippen molar-refractivity contribution in [2.75, 3.05) is 6.67 Å². The number of nitrogens with zero attached hydrogens (tertiary/aromatic N) is 1. The fourth-order valence-electron chi connectivity index (χ4n) is 1.73. The van der Waals surface area contributed by atoms with Crippen LogP contribution >= 0.6 is 0 Å². The van der Waals surface area contributed by atoms with Crippen molar-refractivity contribution in [3.63, 3.8) is 0 Å². The van der Waals surface area contributed by atoms with Crippen LogP contribution in [-0.4, -0.2) is 12.4 Å². The molecule has 1 aromatic carbocycles. The molecule has 0 spiro atoms.